The van der Waals surface area contributed by atoms with E-state index in [9.17, 15) is 24.7 Å². The molecule has 13 rings (SSSR count). The number of carbonyl (C=O) groups excluding carboxylic acids is 2. The molecule has 0 atom stereocenters. The topological polar surface area (TPSA) is 225 Å². The molecule has 0 spiro atoms. The first kappa shape index (κ1) is 71.5. The monoisotopic (exact) mass is 1340 g/mol. The van der Waals surface area contributed by atoms with Gasteiger partial charge in [-0.15, -0.1) is 0 Å². The van der Waals surface area contributed by atoms with Crippen molar-refractivity contribution < 1.29 is 49.6 Å². The summed E-state index contributed by atoms with van der Waals surface area (Å²) in [6, 6.07) is 16.6. The SMILES string of the molecule is CB(O)N1CC=C(c2ccc(OC3CCN(B(C)O)CC3)c3[nH]ccc23)CC1.CB(O)N1CCC(Oc2ccc(Br)c3cc[nH]c23)CC1.CC1(C)OB(C2=CCN([B]C=O)CC2)OC1(C)C.O=C1Cc2c(N3CCCCC3)ccc(OC3CCNCC3)c2N1.[B]=NS.[HH]. The number of hydrogen-bond donors (Lipinski definition) is 8. The summed E-state index contributed by atoms with van der Waals surface area (Å²) in [7, 11) is 4.53. The Morgan fingerprint density at radius 3 is 1.79 bits per heavy atom. The van der Waals surface area contributed by atoms with Crippen LogP contribution < -0.4 is 29.7 Å². The molecule has 0 saturated carbocycles. The van der Waals surface area contributed by atoms with Crippen LogP contribution in [0.15, 0.2) is 87.3 Å². The number of thiol groups is 1. The zero-order valence-corrected chi connectivity index (χ0v) is 57.4. The Labute approximate surface area is 563 Å². The Kier molecular flexibility index (Phi) is 26.2. The molecular formula is C64H95B6BrN10O10S. The van der Waals surface area contributed by atoms with Crippen molar-refractivity contribution in [2.75, 3.05) is 88.8 Å². The van der Waals surface area contributed by atoms with Crippen molar-refractivity contribution in [1.82, 2.24) is 34.5 Å². The Balaban J connectivity index is 0.000000158. The maximum absolute atomic E-state index is 12.0. The molecule has 2 radical (unpaired) electrons. The number of carbonyl (C=O) groups is 2. The van der Waals surface area contributed by atoms with E-state index in [1.54, 1.807) is 7.41 Å². The smallest absolute Gasteiger partial charge is 0 e. The van der Waals surface area contributed by atoms with Crippen molar-refractivity contribution in [1.29, 1.82) is 0 Å². The fraction of sp³-hybridized carbons (Fsp3) is 0.562. The minimum atomic E-state index is -0.402. The zero-order chi connectivity index (χ0) is 65.5. The van der Waals surface area contributed by atoms with Crippen molar-refractivity contribution in [2.45, 2.75) is 155 Å². The Morgan fingerprint density at radius 2 is 1.25 bits per heavy atom. The number of aromatic nitrogens is 2. The first-order valence-corrected chi connectivity index (χ1v) is 34.3. The van der Waals surface area contributed by atoms with E-state index in [0.717, 1.165) is 185 Å². The van der Waals surface area contributed by atoms with E-state index in [1.807, 2.05) is 55.9 Å². The number of aromatic amines is 2. The van der Waals surface area contributed by atoms with Crippen LogP contribution in [0.3, 0.4) is 0 Å². The number of fused-ring (bicyclic) bond motifs is 3. The normalized spacial score (nSPS) is 20.7. The number of H-pyrrole nitrogens is 2. The van der Waals surface area contributed by atoms with Crippen molar-refractivity contribution in [2.24, 2.45) is 4.30 Å². The van der Waals surface area contributed by atoms with Gasteiger partial charge in [-0.05, 0) is 230 Å². The number of hydrogen-bond acceptors (Lipinski definition) is 18. The van der Waals surface area contributed by atoms with Crippen LogP contribution in [0.1, 0.15) is 111 Å². The van der Waals surface area contributed by atoms with Crippen molar-refractivity contribution in [3.05, 3.63) is 94.1 Å². The van der Waals surface area contributed by atoms with Crippen LogP contribution in [-0.2, 0) is 25.3 Å². The molecule has 20 nitrogen and oxygen atoms in total. The van der Waals surface area contributed by atoms with Gasteiger partial charge in [-0.1, -0.05) is 34.1 Å². The van der Waals surface area contributed by atoms with Crippen molar-refractivity contribution >= 4 is 123 Å². The molecule has 492 valence electrons. The fourth-order valence-corrected chi connectivity index (χ4v) is 13.6. The van der Waals surface area contributed by atoms with Gasteiger partial charge in [-0.25, -0.2) is 0 Å². The maximum atomic E-state index is 12.0. The molecule has 5 aromatic rings. The van der Waals surface area contributed by atoms with Gasteiger partial charge in [0, 0.05) is 66.5 Å². The third-order valence-electron chi connectivity index (χ3n) is 19.3. The van der Waals surface area contributed by atoms with E-state index < -0.39 is 7.05 Å². The van der Waals surface area contributed by atoms with Gasteiger partial charge in [0.2, 0.25) is 5.91 Å². The molecule has 3 aromatic carbocycles. The van der Waals surface area contributed by atoms with Gasteiger partial charge in [-0.2, -0.15) is 0 Å². The number of nitrogens with zero attached hydrogens (tertiary/aromatic N) is 6. The molecule has 5 fully saturated rings. The molecule has 2 aromatic heterocycles. The summed E-state index contributed by atoms with van der Waals surface area (Å²) in [6.45, 7) is 24.6. The van der Waals surface area contributed by atoms with Gasteiger partial charge in [0.25, 0.3) is 7.41 Å². The van der Waals surface area contributed by atoms with Crippen LogP contribution in [0.4, 0.5) is 11.4 Å². The quantitative estimate of drug-likeness (QED) is 0.0295. The second-order valence-corrected chi connectivity index (χ2v) is 27.1. The average molecular weight is 1340 g/mol. The number of piperidine rings is 4. The molecule has 7 N–H and O–H groups in total. The summed E-state index contributed by atoms with van der Waals surface area (Å²) in [6.07, 6.45) is 21.6. The van der Waals surface area contributed by atoms with Gasteiger partial charge >= 0.3 is 53.0 Å². The summed E-state index contributed by atoms with van der Waals surface area (Å²) >= 11 is 6.74. The summed E-state index contributed by atoms with van der Waals surface area (Å²) < 4.78 is 34.5. The minimum absolute atomic E-state index is 0. The van der Waals surface area contributed by atoms with Crippen molar-refractivity contribution in [3.63, 3.8) is 0 Å². The Morgan fingerprint density at radius 1 is 0.707 bits per heavy atom. The zero-order valence-electron chi connectivity index (χ0n) is 54.9. The molecule has 0 aliphatic carbocycles. The minimum Gasteiger partial charge on any atom is 0 e. The second kappa shape index (κ2) is 33.7. The third-order valence-corrected chi connectivity index (χ3v) is 20.0. The number of ether oxygens (including phenoxy) is 3. The van der Waals surface area contributed by atoms with Gasteiger partial charge in [0.1, 0.15) is 35.6 Å². The molecule has 0 bridgehead atoms. The number of benzene rings is 3. The molecule has 28 heteroatoms. The van der Waals surface area contributed by atoms with Gasteiger partial charge in [0.15, 0.2) is 0 Å². The summed E-state index contributed by atoms with van der Waals surface area (Å²) in [4.78, 5) is 39.6. The van der Waals surface area contributed by atoms with E-state index in [-0.39, 0.29) is 58.1 Å². The number of halogens is 1. The van der Waals surface area contributed by atoms with Crippen LogP contribution in [0, 0.1) is 0 Å². The Hall–Kier alpha value is -4.82. The molecule has 0 unspecified atom stereocenters. The molecule has 8 aliphatic heterocycles. The predicted molar refractivity (Wildman–Crippen MR) is 384 cm³/mol. The Bertz CT molecular complexity index is 3290. The van der Waals surface area contributed by atoms with Gasteiger partial charge < -0.3 is 88.1 Å². The number of rotatable bonds is 14. The van der Waals surface area contributed by atoms with E-state index in [1.165, 1.54) is 46.9 Å². The first-order valence-electron chi connectivity index (χ1n) is 33.1. The molecule has 5 saturated heterocycles. The van der Waals surface area contributed by atoms with Crippen LogP contribution in [-0.4, -0.2) is 208 Å². The maximum Gasteiger partial charge on any atom is 0 e. The number of amides is 1. The average Bonchev–Trinajstić information content (AvgIpc) is 1.69. The van der Waals surface area contributed by atoms with Gasteiger partial charge in [-0.3, -0.25) is 4.79 Å². The summed E-state index contributed by atoms with van der Waals surface area (Å²) in [5.74, 6) is 2.74. The predicted octanol–water partition coefficient (Wildman–Crippen LogP) is 9.00. The van der Waals surface area contributed by atoms with Crippen LogP contribution >= 0.6 is 28.7 Å². The van der Waals surface area contributed by atoms with Gasteiger partial charge in [0.05, 0.1) is 40.5 Å². The largest absolute Gasteiger partial charge is 0 e. The molecule has 92 heavy (non-hydrogen) atoms. The standard InChI is InChI=1S/C20H29B2N3O3.C18H25N3O2.C14H18BBrN2O2.C12H20B2NO3.BHNS.H2/c1-21(26)24-11-6-15(7-12-24)17-3-4-19(20-18(17)5-10-23-20)28-16-8-13-25(14-9-16)22(2)27;22-17-12-14-15(21-10-2-1-3-11-21)4-5-16(18(14)20-17)23-13-6-8-19-9-7-13;1-15(19)18-8-5-10(6-9-18)20-13-3-2-12(16)11-4-7-17-14(11)13;1-11(2)12(3,4)18-14(17-11)10-5-7-15(8-6-10)13-9-16;1-2-3;/h3-6,10,16,23,26-27H,7-9,11-14H2,1-2H3;4-5,13,19H,1-3,6-12H2,(H,20,22);2-4,7,10,17,19H,5-6,8-9H2,1H3;5,9H,6-8H2,1-4H3;3H;1H. The van der Waals surface area contributed by atoms with E-state index in [4.69, 9.17) is 23.5 Å². The second-order valence-electron chi connectivity index (χ2n) is 26.1. The fourth-order valence-electron chi connectivity index (χ4n) is 13.1. The molecule has 10 heterocycles. The van der Waals surface area contributed by atoms with Crippen LogP contribution in [0.5, 0.6) is 17.2 Å². The summed E-state index contributed by atoms with van der Waals surface area (Å²) in [5, 5.41) is 37.8. The van der Waals surface area contributed by atoms with Crippen LogP contribution in [0.2, 0.25) is 20.5 Å². The van der Waals surface area contributed by atoms with Crippen LogP contribution in [0.25, 0.3) is 27.4 Å². The summed E-state index contributed by atoms with van der Waals surface area (Å²) in [5.41, 5.74) is 8.54. The third kappa shape index (κ3) is 18.6. The van der Waals surface area contributed by atoms with E-state index >= 15 is 0 Å². The molecule has 1 amide bonds. The number of nitrogens with one attached hydrogen (secondary N) is 4. The molecular weight excluding hydrogens is 1250 g/mol. The first-order chi connectivity index (χ1) is 44.3. The van der Waals surface area contributed by atoms with E-state index in [2.05, 4.69) is 151 Å². The number of anilines is 2. The van der Waals surface area contributed by atoms with E-state index in [0.29, 0.717) is 6.42 Å². The van der Waals surface area contributed by atoms with Crippen molar-refractivity contribution in [3.8, 4) is 17.2 Å². The molecule has 8 aliphatic rings.